The number of hydrogen-bond donors (Lipinski definition) is 2. The third-order valence-corrected chi connectivity index (χ3v) is 7.68. The Kier molecular flexibility index (Phi) is 5.74. The van der Waals surface area contributed by atoms with E-state index in [-0.39, 0.29) is 49.1 Å². The van der Waals surface area contributed by atoms with Crippen LogP contribution in [0.25, 0.3) is 5.57 Å². The van der Waals surface area contributed by atoms with Gasteiger partial charge in [-0.15, -0.1) is 0 Å². The van der Waals surface area contributed by atoms with E-state index >= 15 is 0 Å². The lowest BCUT2D eigenvalue weighted by Crippen LogP contribution is -2.74. The number of rotatable bonds is 4. The molecule has 2 aliphatic carbocycles. The summed E-state index contributed by atoms with van der Waals surface area (Å²) in [7, 11) is 0. The standard InChI is InChI=1S/C25H33N3O3/c29-16-22-24(19-12-10-18(11-13-19)17-6-2-1-3-7-17)21-14-27(15-23(30)28(21)22)25(31)26-20-8-4-5-9-20/h6,10-13,20-22,24,29H,1-5,7-9,14-16H2,(H,26,31)/t21-,22+,24+/m0/s1. The van der Waals surface area contributed by atoms with Crippen molar-refractivity contribution in [2.45, 2.75) is 75.4 Å². The highest BCUT2D eigenvalue weighted by Crippen LogP contribution is 2.43. The number of benzene rings is 1. The minimum atomic E-state index is -0.197. The number of hydrogen-bond acceptors (Lipinski definition) is 3. The number of piperazine rings is 1. The topological polar surface area (TPSA) is 72.9 Å². The molecule has 1 aromatic carbocycles. The van der Waals surface area contributed by atoms with E-state index in [0.29, 0.717) is 6.54 Å². The van der Waals surface area contributed by atoms with Gasteiger partial charge in [-0.2, -0.15) is 0 Å². The average Bonchev–Trinajstić information content (AvgIpc) is 3.29. The molecule has 166 valence electrons. The largest absolute Gasteiger partial charge is 0.394 e. The normalized spacial score (nSPS) is 28.7. The van der Waals surface area contributed by atoms with Crippen LogP contribution in [0.15, 0.2) is 30.3 Å². The molecule has 0 spiro atoms. The fraction of sp³-hybridized carbons (Fsp3) is 0.600. The van der Waals surface area contributed by atoms with Crippen LogP contribution >= 0.6 is 0 Å². The fourth-order valence-electron chi connectivity index (χ4n) is 6.01. The molecule has 6 heteroatoms. The molecule has 2 saturated heterocycles. The highest BCUT2D eigenvalue weighted by Gasteiger charge is 2.54. The third kappa shape index (κ3) is 3.86. The van der Waals surface area contributed by atoms with Crippen molar-refractivity contribution in [3.63, 3.8) is 0 Å². The number of aliphatic hydroxyl groups excluding tert-OH is 1. The molecule has 1 saturated carbocycles. The first kappa shape index (κ1) is 20.6. The Balaban J connectivity index is 1.31. The van der Waals surface area contributed by atoms with Crippen LogP contribution in [0, 0.1) is 0 Å². The SMILES string of the molecule is O=C(NC1CCCC1)N1CC(=O)N2[C@H](CO)[C@H](c3ccc(C4=CCCCC4)cc3)[C@@H]2C1. The molecule has 1 aromatic rings. The molecule has 3 amide bonds. The zero-order chi connectivity index (χ0) is 21.4. The van der Waals surface area contributed by atoms with Crippen molar-refractivity contribution in [1.82, 2.24) is 15.1 Å². The first-order valence-electron chi connectivity index (χ1n) is 11.9. The minimum absolute atomic E-state index is 0.0475. The Labute approximate surface area is 184 Å². The van der Waals surface area contributed by atoms with Gasteiger partial charge in [-0.05, 0) is 55.2 Å². The summed E-state index contributed by atoms with van der Waals surface area (Å²) in [5, 5.41) is 13.1. The molecule has 2 N–H and O–H groups in total. The van der Waals surface area contributed by atoms with Gasteiger partial charge in [0, 0.05) is 18.5 Å². The lowest BCUT2D eigenvalue weighted by molar-refractivity contribution is -0.159. The monoisotopic (exact) mass is 423 g/mol. The van der Waals surface area contributed by atoms with Crippen molar-refractivity contribution >= 4 is 17.5 Å². The van der Waals surface area contributed by atoms with Gasteiger partial charge in [0.15, 0.2) is 0 Å². The molecule has 0 radical (unpaired) electrons. The van der Waals surface area contributed by atoms with Crippen molar-refractivity contribution in [3.8, 4) is 0 Å². The first-order chi connectivity index (χ1) is 15.2. The summed E-state index contributed by atoms with van der Waals surface area (Å²) < 4.78 is 0. The smallest absolute Gasteiger partial charge is 0.318 e. The molecule has 2 heterocycles. The lowest BCUT2D eigenvalue weighted by atomic mass is 9.73. The predicted molar refractivity (Wildman–Crippen MR) is 119 cm³/mol. The van der Waals surface area contributed by atoms with Crippen LogP contribution in [-0.4, -0.2) is 64.7 Å². The number of carbonyl (C=O) groups is 2. The summed E-state index contributed by atoms with van der Waals surface area (Å²) in [6.07, 6.45) is 11.5. The molecule has 31 heavy (non-hydrogen) atoms. The number of allylic oxidation sites excluding steroid dienone is 2. The maximum absolute atomic E-state index is 12.8. The maximum Gasteiger partial charge on any atom is 0.318 e. The van der Waals surface area contributed by atoms with E-state index in [4.69, 9.17) is 0 Å². The molecule has 3 atom stereocenters. The van der Waals surface area contributed by atoms with Crippen LogP contribution in [0.2, 0.25) is 0 Å². The molecule has 2 aliphatic heterocycles. The lowest BCUT2D eigenvalue weighted by Gasteiger charge is -2.58. The Morgan fingerprint density at radius 3 is 2.55 bits per heavy atom. The fourth-order valence-corrected chi connectivity index (χ4v) is 6.01. The van der Waals surface area contributed by atoms with Crippen LogP contribution in [0.5, 0.6) is 0 Å². The van der Waals surface area contributed by atoms with E-state index in [9.17, 15) is 14.7 Å². The zero-order valence-electron chi connectivity index (χ0n) is 18.1. The summed E-state index contributed by atoms with van der Waals surface area (Å²) in [5.74, 6) is 0.00233. The van der Waals surface area contributed by atoms with Gasteiger partial charge in [-0.25, -0.2) is 4.79 Å². The van der Waals surface area contributed by atoms with E-state index < -0.39 is 0 Å². The number of aliphatic hydroxyl groups is 1. The van der Waals surface area contributed by atoms with E-state index in [2.05, 4.69) is 35.7 Å². The highest BCUT2D eigenvalue weighted by atomic mass is 16.3. The average molecular weight is 424 g/mol. The summed E-state index contributed by atoms with van der Waals surface area (Å²) >= 11 is 0. The van der Waals surface area contributed by atoms with Crippen LogP contribution in [0.4, 0.5) is 4.79 Å². The Morgan fingerprint density at radius 2 is 1.87 bits per heavy atom. The van der Waals surface area contributed by atoms with Crippen LogP contribution in [0.1, 0.15) is 68.4 Å². The Hall–Kier alpha value is -2.34. The van der Waals surface area contributed by atoms with Gasteiger partial charge in [-0.3, -0.25) is 4.79 Å². The van der Waals surface area contributed by atoms with E-state index in [1.807, 2.05) is 4.90 Å². The number of urea groups is 1. The van der Waals surface area contributed by atoms with Crippen molar-refractivity contribution in [2.75, 3.05) is 19.7 Å². The molecule has 0 bridgehead atoms. The summed E-state index contributed by atoms with van der Waals surface area (Å²) in [4.78, 5) is 29.1. The van der Waals surface area contributed by atoms with E-state index in [0.717, 1.165) is 44.1 Å². The van der Waals surface area contributed by atoms with Gasteiger partial charge >= 0.3 is 6.03 Å². The second kappa shape index (κ2) is 8.65. The molecule has 5 rings (SSSR count). The molecule has 0 unspecified atom stereocenters. The van der Waals surface area contributed by atoms with E-state index in [1.165, 1.54) is 24.0 Å². The molecule has 6 nitrogen and oxygen atoms in total. The van der Waals surface area contributed by atoms with Gasteiger partial charge in [0.25, 0.3) is 0 Å². The van der Waals surface area contributed by atoms with Crippen molar-refractivity contribution < 1.29 is 14.7 Å². The maximum atomic E-state index is 12.8. The Morgan fingerprint density at radius 1 is 1.10 bits per heavy atom. The predicted octanol–water partition coefficient (Wildman–Crippen LogP) is 3.27. The van der Waals surface area contributed by atoms with Gasteiger partial charge in [0.05, 0.1) is 18.7 Å². The van der Waals surface area contributed by atoms with E-state index in [1.54, 1.807) is 4.90 Å². The van der Waals surface area contributed by atoms with Crippen LogP contribution in [0.3, 0.4) is 0 Å². The van der Waals surface area contributed by atoms with Gasteiger partial charge in [0.2, 0.25) is 5.91 Å². The van der Waals surface area contributed by atoms with Crippen molar-refractivity contribution in [1.29, 1.82) is 0 Å². The third-order valence-electron chi connectivity index (χ3n) is 7.68. The summed E-state index contributed by atoms with van der Waals surface area (Å²) in [6.45, 7) is 0.581. The molecular formula is C25H33N3O3. The first-order valence-corrected chi connectivity index (χ1v) is 11.9. The summed E-state index contributed by atoms with van der Waals surface area (Å²) in [6, 6.07) is 8.52. The number of carbonyl (C=O) groups excluding carboxylic acids is 2. The minimum Gasteiger partial charge on any atom is -0.394 e. The van der Waals surface area contributed by atoms with Crippen molar-refractivity contribution in [3.05, 3.63) is 41.5 Å². The highest BCUT2D eigenvalue weighted by molar-refractivity contribution is 5.87. The molecule has 3 fully saturated rings. The number of nitrogens with one attached hydrogen (secondary N) is 1. The number of fused-ring (bicyclic) bond motifs is 1. The second-order valence-electron chi connectivity index (χ2n) is 9.55. The van der Waals surface area contributed by atoms with Crippen LogP contribution < -0.4 is 5.32 Å². The second-order valence-corrected chi connectivity index (χ2v) is 9.55. The number of amides is 3. The van der Waals surface area contributed by atoms with Crippen molar-refractivity contribution in [2.24, 2.45) is 0 Å². The molecular weight excluding hydrogens is 390 g/mol. The molecule has 0 aromatic heterocycles. The van der Waals surface area contributed by atoms with Crippen LogP contribution in [-0.2, 0) is 4.79 Å². The van der Waals surface area contributed by atoms with Gasteiger partial charge < -0.3 is 20.2 Å². The zero-order valence-corrected chi connectivity index (χ0v) is 18.1. The summed E-state index contributed by atoms with van der Waals surface area (Å²) in [5.41, 5.74) is 3.85. The Bertz CT molecular complexity index is 859. The number of nitrogens with zero attached hydrogens (tertiary/aromatic N) is 2. The van der Waals surface area contributed by atoms with Gasteiger partial charge in [-0.1, -0.05) is 43.2 Å². The van der Waals surface area contributed by atoms with Gasteiger partial charge in [0.1, 0.15) is 6.54 Å². The molecule has 4 aliphatic rings. The quantitative estimate of drug-likeness (QED) is 0.781.